The Balaban J connectivity index is 1.75. The molecule has 1 aromatic heterocycles. The third kappa shape index (κ3) is 2.71. The van der Waals surface area contributed by atoms with Crippen LogP contribution in [0, 0.1) is 0 Å². The Hall–Kier alpha value is -1.61. The number of rotatable bonds is 3. The van der Waals surface area contributed by atoms with Crippen LogP contribution in [0.3, 0.4) is 0 Å². The number of halogens is 1. The van der Waals surface area contributed by atoms with Crippen molar-refractivity contribution in [3.05, 3.63) is 52.1 Å². The fourth-order valence-electron chi connectivity index (χ4n) is 2.49. The summed E-state index contributed by atoms with van der Waals surface area (Å²) in [5.41, 5.74) is 3.04. The van der Waals surface area contributed by atoms with Crippen LogP contribution in [0.15, 0.2) is 24.3 Å². The first-order valence-electron chi connectivity index (χ1n) is 6.58. The van der Waals surface area contributed by atoms with Crippen molar-refractivity contribution in [3.8, 4) is 0 Å². The number of hydrogen-bond acceptors (Lipinski definition) is 2. The number of H-pyrrole nitrogens is 1. The van der Waals surface area contributed by atoms with Gasteiger partial charge in [0.15, 0.2) is 5.78 Å². The van der Waals surface area contributed by atoms with Gasteiger partial charge in [-0.25, -0.2) is 4.98 Å². The van der Waals surface area contributed by atoms with E-state index in [0.29, 0.717) is 17.0 Å². The first-order valence-corrected chi connectivity index (χ1v) is 6.95. The van der Waals surface area contributed by atoms with Gasteiger partial charge in [0.05, 0.1) is 12.1 Å². The first kappa shape index (κ1) is 12.4. The molecule has 2 aromatic rings. The van der Waals surface area contributed by atoms with E-state index < -0.39 is 0 Å². The Morgan fingerprint density at radius 2 is 1.95 bits per heavy atom. The van der Waals surface area contributed by atoms with E-state index in [0.717, 1.165) is 24.4 Å². The number of carbonyl (C=O) groups excluding carboxylic acids is 1. The lowest BCUT2D eigenvalue weighted by Gasteiger charge is -2.07. The molecule has 0 aliphatic heterocycles. The summed E-state index contributed by atoms with van der Waals surface area (Å²) < 4.78 is 0. The molecule has 0 amide bonds. The van der Waals surface area contributed by atoms with Crippen LogP contribution in [0.25, 0.3) is 0 Å². The van der Waals surface area contributed by atoms with Gasteiger partial charge in [0, 0.05) is 16.3 Å². The highest BCUT2D eigenvalue weighted by molar-refractivity contribution is 6.30. The number of aromatic amines is 1. The van der Waals surface area contributed by atoms with E-state index in [-0.39, 0.29) is 5.78 Å². The summed E-state index contributed by atoms with van der Waals surface area (Å²) in [6.07, 6.45) is 4.81. The molecule has 4 heteroatoms. The number of aromatic nitrogens is 2. The molecule has 1 heterocycles. The van der Waals surface area contributed by atoms with Crippen LogP contribution in [0.1, 0.15) is 40.4 Å². The molecule has 0 unspecified atom stereocenters. The topological polar surface area (TPSA) is 45.8 Å². The van der Waals surface area contributed by atoms with Gasteiger partial charge in [-0.15, -0.1) is 0 Å². The Morgan fingerprint density at radius 3 is 2.68 bits per heavy atom. The normalized spacial score (nSPS) is 14.2. The van der Waals surface area contributed by atoms with Crippen molar-refractivity contribution in [2.75, 3.05) is 0 Å². The second-order valence-corrected chi connectivity index (χ2v) is 5.36. The second-order valence-electron chi connectivity index (χ2n) is 4.92. The number of nitrogens with zero attached hydrogens (tertiary/aromatic N) is 1. The Bertz CT molecular complexity index is 578. The largest absolute Gasteiger partial charge is 0.345 e. The smallest absolute Gasteiger partial charge is 0.170 e. The lowest BCUT2D eigenvalue weighted by Crippen LogP contribution is -2.04. The minimum atomic E-state index is 0.0720. The fraction of sp³-hybridized carbons (Fsp3) is 0.333. The van der Waals surface area contributed by atoms with Crippen LogP contribution < -0.4 is 0 Å². The van der Waals surface area contributed by atoms with Crippen molar-refractivity contribution in [2.24, 2.45) is 0 Å². The molecular formula is C15H15ClN2O. The monoisotopic (exact) mass is 274 g/mol. The highest BCUT2D eigenvalue weighted by Crippen LogP contribution is 2.19. The highest BCUT2D eigenvalue weighted by Gasteiger charge is 2.16. The molecule has 1 aromatic carbocycles. The van der Waals surface area contributed by atoms with Crippen LogP contribution in [-0.4, -0.2) is 15.8 Å². The molecule has 3 nitrogen and oxygen atoms in total. The Kier molecular flexibility index (Phi) is 3.38. The molecule has 0 saturated heterocycles. The van der Waals surface area contributed by atoms with Crippen LogP contribution in [0.5, 0.6) is 0 Å². The molecule has 1 aliphatic rings. The van der Waals surface area contributed by atoms with Gasteiger partial charge in [-0.05, 0) is 49.9 Å². The number of aryl methyl sites for hydroxylation is 2. The third-order valence-corrected chi connectivity index (χ3v) is 3.75. The van der Waals surface area contributed by atoms with E-state index in [4.69, 9.17) is 11.6 Å². The molecule has 0 bridgehead atoms. The Morgan fingerprint density at radius 1 is 1.21 bits per heavy atom. The van der Waals surface area contributed by atoms with Crippen molar-refractivity contribution in [2.45, 2.75) is 32.1 Å². The minimum absolute atomic E-state index is 0.0720. The van der Waals surface area contributed by atoms with Gasteiger partial charge in [-0.1, -0.05) is 11.6 Å². The van der Waals surface area contributed by atoms with Crippen LogP contribution >= 0.6 is 11.6 Å². The number of carbonyl (C=O) groups is 1. The number of fused-ring (bicyclic) bond motifs is 1. The van der Waals surface area contributed by atoms with Crippen LogP contribution in [-0.2, 0) is 19.3 Å². The Labute approximate surface area is 117 Å². The molecular weight excluding hydrogens is 260 g/mol. The van der Waals surface area contributed by atoms with Crippen molar-refractivity contribution < 1.29 is 4.79 Å². The van der Waals surface area contributed by atoms with Gasteiger partial charge in [-0.3, -0.25) is 4.79 Å². The number of ketones is 1. The summed E-state index contributed by atoms with van der Waals surface area (Å²) in [7, 11) is 0. The van der Waals surface area contributed by atoms with Crippen molar-refractivity contribution in [3.63, 3.8) is 0 Å². The van der Waals surface area contributed by atoms with Crippen molar-refractivity contribution in [1.29, 1.82) is 0 Å². The van der Waals surface area contributed by atoms with Gasteiger partial charge >= 0.3 is 0 Å². The maximum Gasteiger partial charge on any atom is 0.170 e. The van der Waals surface area contributed by atoms with Gasteiger partial charge in [0.25, 0.3) is 0 Å². The molecule has 0 atom stereocenters. The SMILES string of the molecule is O=C(Cc1nc2c([nH]1)CCCC2)c1ccc(Cl)cc1. The number of hydrogen-bond donors (Lipinski definition) is 1. The zero-order valence-electron chi connectivity index (χ0n) is 10.6. The number of Topliss-reactive ketones (excluding diaryl/α,β-unsaturated/α-hetero) is 1. The molecule has 98 valence electrons. The summed E-state index contributed by atoms with van der Waals surface area (Å²) >= 11 is 5.82. The lowest BCUT2D eigenvalue weighted by atomic mass is 10.0. The zero-order valence-corrected chi connectivity index (χ0v) is 11.3. The van der Waals surface area contributed by atoms with Gasteiger partial charge in [-0.2, -0.15) is 0 Å². The summed E-state index contributed by atoms with van der Waals surface area (Å²) in [4.78, 5) is 20.0. The van der Waals surface area contributed by atoms with E-state index in [9.17, 15) is 4.79 Å². The first-order chi connectivity index (χ1) is 9.22. The van der Waals surface area contributed by atoms with E-state index in [1.165, 1.54) is 18.5 Å². The highest BCUT2D eigenvalue weighted by atomic mass is 35.5. The molecule has 3 rings (SSSR count). The quantitative estimate of drug-likeness (QED) is 0.872. The van der Waals surface area contributed by atoms with E-state index in [1.54, 1.807) is 24.3 Å². The van der Waals surface area contributed by atoms with Gasteiger partial charge in [0.1, 0.15) is 5.82 Å². The lowest BCUT2D eigenvalue weighted by molar-refractivity contribution is 0.0991. The second kappa shape index (κ2) is 5.17. The van der Waals surface area contributed by atoms with E-state index in [2.05, 4.69) is 9.97 Å². The number of imidazole rings is 1. The molecule has 1 N–H and O–H groups in total. The third-order valence-electron chi connectivity index (χ3n) is 3.50. The molecule has 0 radical (unpaired) electrons. The molecule has 0 fully saturated rings. The number of nitrogens with one attached hydrogen (secondary N) is 1. The molecule has 0 saturated carbocycles. The summed E-state index contributed by atoms with van der Waals surface area (Å²) in [5.74, 6) is 0.856. The standard InChI is InChI=1S/C15H15ClN2O/c16-11-7-5-10(6-8-11)14(19)9-15-17-12-3-1-2-4-13(12)18-15/h5-8H,1-4,9H2,(H,17,18). The fourth-order valence-corrected chi connectivity index (χ4v) is 2.61. The minimum Gasteiger partial charge on any atom is -0.345 e. The summed E-state index contributed by atoms with van der Waals surface area (Å²) in [6, 6.07) is 6.99. The average molecular weight is 275 g/mol. The van der Waals surface area contributed by atoms with Crippen LogP contribution in [0.2, 0.25) is 5.02 Å². The predicted octanol–water partition coefficient (Wildman–Crippen LogP) is 3.37. The average Bonchev–Trinajstić information content (AvgIpc) is 2.81. The van der Waals surface area contributed by atoms with Crippen molar-refractivity contribution >= 4 is 17.4 Å². The number of benzene rings is 1. The zero-order chi connectivity index (χ0) is 13.2. The summed E-state index contributed by atoms with van der Waals surface area (Å²) in [5, 5.41) is 0.644. The molecule has 0 spiro atoms. The summed E-state index contributed by atoms with van der Waals surface area (Å²) in [6.45, 7) is 0. The maximum absolute atomic E-state index is 12.1. The van der Waals surface area contributed by atoms with Gasteiger partial charge < -0.3 is 4.98 Å². The van der Waals surface area contributed by atoms with Gasteiger partial charge in [0.2, 0.25) is 0 Å². The van der Waals surface area contributed by atoms with Crippen molar-refractivity contribution in [1.82, 2.24) is 9.97 Å². The van der Waals surface area contributed by atoms with E-state index >= 15 is 0 Å². The predicted molar refractivity (Wildman–Crippen MR) is 74.7 cm³/mol. The molecule has 1 aliphatic carbocycles. The van der Waals surface area contributed by atoms with Crippen LogP contribution in [0.4, 0.5) is 0 Å². The van der Waals surface area contributed by atoms with E-state index in [1.807, 2.05) is 0 Å². The maximum atomic E-state index is 12.1. The molecule has 19 heavy (non-hydrogen) atoms.